The first-order valence-electron chi connectivity index (χ1n) is 7.58. The Morgan fingerprint density at radius 1 is 1.32 bits per heavy atom. The van der Waals surface area contributed by atoms with E-state index in [-0.39, 0.29) is 18.6 Å². The van der Waals surface area contributed by atoms with Crippen LogP contribution >= 0.6 is 0 Å². The average molecular weight is 301 g/mol. The van der Waals surface area contributed by atoms with Gasteiger partial charge < -0.3 is 10.4 Å². The summed E-state index contributed by atoms with van der Waals surface area (Å²) in [5, 5.41) is 16.3. The standard InChI is InChI=1S/C17H23N3O2/c1-12(8-7-11-21)18-17(22)16-13(2)19-20(14(16)3)15-9-5-4-6-10-15/h4-6,9-10,12,21H,7-8,11H2,1-3H3,(H,18,22). The van der Waals surface area contributed by atoms with E-state index in [0.717, 1.165) is 17.8 Å². The topological polar surface area (TPSA) is 67.2 Å². The maximum atomic E-state index is 12.5. The highest BCUT2D eigenvalue weighted by molar-refractivity contribution is 5.96. The van der Waals surface area contributed by atoms with Gasteiger partial charge in [-0.2, -0.15) is 5.10 Å². The van der Waals surface area contributed by atoms with Crippen molar-refractivity contribution in [1.29, 1.82) is 0 Å². The molecule has 2 N–H and O–H groups in total. The van der Waals surface area contributed by atoms with Crippen LogP contribution in [0.1, 0.15) is 41.5 Å². The van der Waals surface area contributed by atoms with Gasteiger partial charge in [0.05, 0.1) is 22.6 Å². The van der Waals surface area contributed by atoms with Gasteiger partial charge in [0.1, 0.15) is 0 Å². The SMILES string of the molecule is Cc1nn(-c2ccccc2)c(C)c1C(=O)NC(C)CCCO. The molecule has 0 aliphatic carbocycles. The maximum Gasteiger partial charge on any atom is 0.255 e. The van der Waals surface area contributed by atoms with Gasteiger partial charge in [-0.1, -0.05) is 18.2 Å². The van der Waals surface area contributed by atoms with Crippen molar-refractivity contribution >= 4 is 5.91 Å². The minimum absolute atomic E-state index is 0.0264. The molecule has 0 saturated heterocycles. The van der Waals surface area contributed by atoms with Crippen molar-refractivity contribution in [3.63, 3.8) is 0 Å². The lowest BCUT2D eigenvalue weighted by atomic mass is 10.1. The molecule has 0 bridgehead atoms. The summed E-state index contributed by atoms with van der Waals surface area (Å²) >= 11 is 0. The highest BCUT2D eigenvalue weighted by atomic mass is 16.3. The number of carbonyl (C=O) groups excluding carboxylic acids is 1. The molecule has 5 nitrogen and oxygen atoms in total. The van der Waals surface area contributed by atoms with Gasteiger partial charge in [-0.25, -0.2) is 4.68 Å². The molecule has 0 fully saturated rings. The number of amides is 1. The first kappa shape index (κ1) is 16.2. The molecule has 1 heterocycles. The number of aliphatic hydroxyl groups is 1. The van der Waals surface area contributed by atoms with E-state index >= 15 is 0 Å². The van der Waals surface area contributed by atoms with Crippen molar-refractivity contribution in [2.45, 2.75) is 39.7 Å². The first-order valence-corrected chi connectivity index (χ1v) is 7.58. The van der Waals surface area contributed by atoms with Crippen LogP contribution < -0.4 is 5.32 Å². The molecular formula is C17H23N3O2. The maximum absolute atomic E-state index is 12.5. The summed E-state index contributed by atoms with van der Waals surface area (Å²) in [6, 6.07) is 9.80. The van der Waals surface area contributed by atoms with E-state index in [9.17, 15) is 4.79 Å². The van der Waals surface area contributed by atoms with Gasteiger partial charge in [-0.15, -0.1) is 0 Å². The number of hydrogen-bond acceptors (Lipinski definition) is 3. The Hall–Kier alpha value is -2.14. The molecule has 0 spiro atoms. The third kappa shape index (κ3) is 3.54. The number of aromatic nitrogens is 2. The predicted molar refractivity (Wildman–Crippen MR) is 86.3 cm³/mol. The molecule has 1 unspecified atom stereocenters. The minimum atomic E-state index is -0.109. The van der Waals surface area contributed by atoms with Crippen molar-refractivity contribution in [1.82, 2.24) is 15.1 Å². The number of benzene rings is 1. The summed E-state index contributed by atoms with van der Waals surface area (Å²) in [5.74, 6) is -0.109. The molecule has 0 radical (unpaired) electrons. The van der Waals surface area contributed by atoms with Crippen molar-refractivity contribution in [2.24, 2.45) is 0 Å². The van der Waals surface area contributed by atoms with Gasteiger partial charge in [0.25, 0.3) is 5.91 Å². The van der Waals surface area contributed by atoms with Crippen LogP contribution in [0.4, 0.5) is 0 Å². The molecule has 1 amide bonds. The number of nitrogens with zero attached hydrogens (tertiary/aromatic N) is 2. The Morgan fingerprint density at radius 2 is 2.00 bits per heavy atom. The summed E-state index contributed by atoms with van der Waals surface area (Å²) in [6.07, 6.45) is 1.44. The van der Waals surface area contributed by atoms with E-state index in [1.165, 1.54) is 0 Å². The number of aliphatic hydroxyl groups excluding tert-OH is 1. The fourth-order valence-electron chi connectivity index (χ4n) is 2.56. The Morgan fingerprint density at radius 3 is 2.64 bits per heavy atom. The van der Waals surface area contributed by atoms with E-state index in [1.807, 2.05) is 51.1 Å². The quantitative estimate of drug-likeness (QED) is 0.861. The van der Waals surface area contributed by atoms with E-state index in [2.05, 4.69) is 10.4 Å². The number of rotatable bonds is 6. The smallest absolute Gasteiger partial charge is 0.255 e. The molecule has 1 atom stereocenters. The zero-order valence-corrected chi connectivity index (χ0v) is 13.3. The normalized spacial score (nSPS) is 12.2. The lowest BCUT2D eigenvalue weighted by molar-refractivity contribution is 0.0935. The Balaban J connectivity index is 2.22. The minimum Gasteiger partial charge on any atom is -0.396 e. The Kier molecular flexibility index (Phi) is 5.33. The molecule has 5 heteroatoms. The van der Waals surface area contributed by atoms with Crippen molar-refractivity contribution in [3.05, 3.63) is 47.3 Å². The summed E-state index contributed by atoms with van der Waals surface area (Å²) in [6.45, 7) is 5.84. The molecule has 0 saturated carbocycles. The second kappa shape index (κ2) is 7.22. The van der Waals surface area contributed by atoms with Gasteiger partial charge in [-0.05, 0) is 45.7 Å². The molecule has 0 aliphatic heterocycles. The molecule has 2 aromatic rings. The Bertz CT molecular complexity index is 635. The summed E-state index contributed by atoms with van der Waals surface area (Å²) in [7, 11) is 0. The van der Waals surface area contributed by atoms with Gasteiger partial charge in [-0.3, -0.25) is 4.79 Å². The van der Waals surface area contributed by atoms with E-state index < -0.39 is 0 Å². The van der Waals surface area contributed by atoms with E-state index in [4.69, 9.17) is 5.11 Å². The predicted octanol–water partition coefficient (Wildman–Crippen LogP) is 2.38. The second-order valence-corrected chi connectivity index (χ2v) is 5.53. The van der Waals surface area contributed by atoms with Gasteiger partial charge >= 0.3 is 0 Å². The van der Waals surface area contributed by atoms with Crippen LogP contribution in [-0.4, -0.2) is 33.4 Å². The molecule has 2 rings (SSSR count). The average Bonchev–Trinajstić information content (AvgIpc) is 2.81. The number of hydrogen-bond donors (Lipinski definition) is 2. The second-order valence-electron chi connectivity index (χ2n) is 5.53. The third-order valence-corrected chi connectivity index (χ3v) is 3.69. The lowest BCUT2D eigenvalue weighted by Gasteiger charge is -2.13. The summed E-state index contributed by atoms with van der Waals surface area (Å²) in [5.41, 5.74) is 3.11. The van der Waals surface area contributed by atoms with E-state index in [1.54, 1.807) is 4.68 Å². The fraction of sp³-hybridized carbons (Fsp3) is 0.412. The molecular weight excluding hydrogens is 278 g/mol. The summed E-state index contributed by atoms with van der Waals surface area (Å²) in [4.78, 5) is 12.5. The summed E-state index contributed by atoms with van der Waals surface area (Å²) < 4.78 is 1.79. The zero-order valence-electron chi connectivity index (χ0n) is 13.3. The highest BCUT2D eigenvalue weighted by Crippen LogP contribution is 2.18. The van der Waals surface area contributed by atoms with Gasteiger partial charge in [0.2, 0.25) is 0 Å². The monoisotopic (exact) mass is 301 g/mol. The Labute approximate surface area is 131 Å². The van der Waals surface area contributed by atoms with Crippen LogP contribution in [0, 0.1) is 13.8 Å². The van der Waals surface area contributed by atoms with Crippen LogP contribution in [0.3, 0.4) is 0 Å². The van der Waals surface area contributed by atoms with Crippen molar-refractivity contribution < 1.29 is 9.90 Å². The van der Waals surface area contributed by atoms with Crippen LogP contribution in [0.15, 0.2) is 30.3 Å². The molecule has 0 aliphatic rings. The molecule has 118 valence electrons. The van der Waals surface area contributed by atoms with E-state index in [0.29, 0.717) is 17.7 Å². The third-order valence-electron chi connectivity index (χ3n) is 3.69. The van der Waals surface area contributed by atoms with Crippen LogP contribution in [0.5, 0.6) is 0 Å². The first-order chi connectivity index (χ1) is 10.5. The lowest BCUT2D eigenvalue weighted by Crippen LogP contribution is -2.33. The van der Waals surface area contributed by atoms with Gasteiger partial charge in [0, 0.05) is 12.6 Å². The van der Waals surface area contributed by atoms with Crippen LogP contribution in [0.2, 0.25) is 0 Å². The number of nitrogens with one attached hydrogen (secondary N) is 1. The molecule has 22 heavy (non-hydrogen) atoms. The van der Waals surface area contributed by atoms with Crippen LogP contribution in [-0.2, 0) is 0 Å². The molecule has 1 aromatic heterocycles. The van der Waals surface area contributed by atoms with Crippen molar-refractivity contribution in [2.75, 3.05) is 6.61 Å². The number of aryl methyl sites for hydroxylation is 1. The van der Waals surface area contributed by atoms with Crippen molar-refractivity contribution in [3.8, 4) is 5.69 Å². The largest absolute Gasteiger partial charge is 0.396 e. The highest BCUT2D eigenvalue weighted by Gasteiger charge is 2.20. The number of para-hydroxylation sites is 1. The van der Waals surface area contributed by atoms with Gasteiger partial charge in [0.15, 0.2) is 0 Å². The fourth-order valence-corrected chi connectivity index (χ4v) is 2.56. The molecule has 1 aromatic carbocycles. The zero-order chi connectivity index (χ0) is 16.1. The number of carbonyl (C=O) groups is 1. The van der Waals surface area contributed by atoms with Crippen LogP contribution in [0.25, 0.3) is 5.69 Å².